The molecule has 1 aromatic carbocycles. The van der Waals surface area contributed by atoms with Crippen molar-refractivity contribution >= 4 is 17.4 Å². The van der Waals surface area contributed by atoms with E-state index in [1.165, 1.54) is 6.33 Å². The van der Waals surface area contributed by atoms with E-state index < -0.39 is 0 Å². The molecule has 166 valence electrons. The average molecular weight is 477 g/mol. The number of nitrogens with zero attached hydrogens (tertiary/aromatic N) is 4. The molecule has 3 N–H and O–H groups in total. The van der Waals surface area contributed by atoms with Gasteiger partial charge in [0.2, 0.25) is 0 Å². The number of rotatable bonds is 8. The van der Waals surface area contributed by atoms with Gasteiger partial charge in [-0.05, 0) is 55.6 Å². The topological polar surface area (TPSA) is 105 Å². The summed E-state index contributed by atoms with van der Waals surface area (Å²) in [5, 5.41) is 9.20. The Labute approximate surface area is 241 Å². The SMILES string of the molecule is Cc1cncc(C(=O)Nc2cccc(C(C)N[C-]=CNc3[cH-]c(-c4cncnc4)cn3)c2)c1.[K+]. The molecule has 0 aliphatic carbocycles. The van der Waals surface area contributed by atoms with E-state index in [1.54, 1.807) is 43.3 Å². The first-order valence-corrected chi connectivity index (χ1v) is 10.4. The molecule has 0 aliphatic heterocycles. The van der Waals surface area contributed by atoms with Crippen LogP contribution < -0.4 is 67.3 Å². The Balaban J connectivity index is 0.00000324. The van der Waals surface area contributed by atoms with Gasteiger partial charge < -0.3 is 27.1 Å². The predicted molar refractivity (Wildman–Crippen MR) is 127 cm³/mol. The average Bonchev–Trinajstić information content (AvgIpc) is 3.31. The normalized spacial score (nSPS) is 11.5. The smallest absolute Gasteiger partial charge is 0.560 e. The molecule has 0 aliphatic rings. The first kappa shape index (κ1) is 25.8. The zero-order valence-corrected chi connectivity index (χ0v) is 22.4. The molecule has 0 fully saturated rings. The number of anilines is 2. The van der Waals surface area contributed by atoms with Crippen LogP contribution in [0.25, 0.3) is 11.1 Å². The van der Waals surface area contributed by atoms with Crippen LogP contribution in [0.3, 0.4) is 0 Å². The third kappa shape index (κ3) is 7.09. The first-order chi connectivity index (χ1) is 16.1. The minimum atomic E-state index is -0.191. The molecule has 1 unspecified atom stereocenters. The second-order valence-corrected chi connectivity index (χ2v) is 7.50. The molecule has 1 amide bonds. The fourth-order valence-corrected chi connectivity index (χ4v) is 3.17. The first-order valence-electron chi connectivity index (χ1n) is 10.4. The number of aryl methyl sites for hydroxylation is 1. The van der Waals surface area contributed by atoms with Gasteiger partial charge in [-0.15, -0.1) is 6.07 Å². The molecule has 1 atom stereocenters. The van der Waals surface area contributed by atoms with E-state index in [0.717, 1.165) is 22.3 Å². The second-order valence-electron chi connectivity index (χ2n) is 7.50. The summed E-state index contributed by atoms with van der Waals surface area (Å²) in [5.41, 5.74) is 5.03. The van der Waals surface area contributed by atoms with Gasteiger partial charge in [-0.1, -0.05) is 23.9 Å². The number of pyridine rings is 1. The maximum absolute atomic E-state index is 12.5. The monoisotopic (exact) mass is 476 g/mol. The maximum atomic E-state index is 12.5. The third-order valence-electron chi connectivity index (χ3n) is 4.90. The van der Waals surface area contributed by atoms with E-state index in [1.807, 2.05) is 44.2 Å². The molecule has 0 radical (unpaired) electrons. The van der Waals surface area contributed by atoms with Gasteiger partial charge in [-0.25, -0.2) is 0 Å². The minimum absolute atomic E-state index is 0. The number of hydrogen-bond acceptors (Lipinski definition) is 7. The third-order valence-corrected chi connectivity index (χ3v) is 4.90. The number of carbonyl (C=O) groups is 1. The van der Waals surface area contributed by atoms with Gasteiger partial charge in [0.05, 0.1) is 11.4 Å². The van der Waals surface area contributed by atoms with Crippen molar-refractivity contribution in [2.45, 2.75) is 19.9 Å². The van der Waals surface area contributed by atoms with Crippen molar-refractivity contribution in [3.8, 4) is 11.1 Å². The molecule has 9 heteroatoms. The van der Waals surface area contributed by atoms with Crippen LogP contribution in [-0.4, -0.2) is 25.8 Å². The summed E-state index contributed by atoms with van der Waals surface area (Å²) in [4.78, 5) is 28.9. The molecule has 0 saturated carbocycles. The fraction of sp³-hybridized carbons (Fsp3) is 0.120. The number of aromatic nitrogens is 4. The van der Waals surface area contributed by atoms with Crippen LogP contribution in [0.4, 0.5) is 11.5 Å². The zero-order chi connectivity index (χ0) is 23.0. The number of carbonyl (C=O) groups excluding carboxylic acids is 1. The predicted octanol–water partition coefficient (Wildman–Crippen LogP) is 1.25. The van der Waals surface area contributed by atoms with Crippen molar-refractivity contribution in [3.05, 3.63) is 103 Å². The van der Waals surface area contributed by atoms with Crippen molar-refractivity contribution < 1.29 is 56.2 Å². The standard InChI is InChI=1S/C25H23N7O.K/c1-17-8-21(12-26-11-17)25(33)32-23-5-3-4-19(9-23)18(2)29-6-7-30-24-10-20(15-31-24)22-13-27-16-28-14-22;/h3-5,7-16,18,29H,1-2H3,(H,30,31)(H,32,33);/q-2;+1. The summed E-state index contributed by atoms with van der Waals surface area (Å²) >= 11 is 0. The Hall–Kier alpha value is -2.82. The summed E-state index contributed by atoms with van der Waals surface area (Å²) in [6, 6.07) is 11.4. The van der Waals surface area contributed by atoms with Crippen molar-refractivity contribution in [3.63, 3.8) is 0 Å². The van der Waals surface area contributed by atoms with Gasteiger partial charge in [0.25, 0.3) is 5.91 Å². The van der Waals surface area contributed by atoms with Crippen molar-refractivity contribution in [1.82, 2.24) is 25.3 Å². The van der Waals surface area contributed by atoms with E-state index in [0.29, 0.717) is 17.1 Å². The Morgan fingerprint density at radius 2 is 1.91 bits per heavy atom. The molecule has 3 aromatic heterocycles. The van der Waals surface area contributed by atoms with E-state index in [9.17, 15) is 4.79 Å². The van der Waals surface area contributed by atoms with E-state index in [4.69, 9.17) is 0 Å². The summed E-state index contributed by atoms with van der Waals surface area (Å²) < 4.78 is 0. The van der Waals surface area contributed by atoms with Crippen LogP contribution in [0.15, 0.2) is 79.9 Å². The van der Waals surface area contributed by atoms with Gasteiger partial charge in [0, 0.05) is 24.1 Å². The van der Waals surface area contributed by atoms with Crippen LogP contribution in [0.5, 0.6) is 0 Å². The van der Waals surface area contributed by atoms with Crippen LogP contribution in [0.2, 0.25) is 0 Å². The van der Waals surface area contributed by atoms with Crippen LogP contribution in [0, 0.1) is 13.1 Å². The molecule has 0 bridgehead atoms. The van der Waals surface area contributed by atoms with Gasteiger partial charge >= 0.3 is 51.4 Å². The summed E-state index contributed by atoms with van der Waals surface area (Å²) in [7, 11) is 0. The molecule has 34 heavy (non-hydrogen) atoms. The molecular formula is C25H23KN7O-. The maximum Gasteiger partial charge on any atom is 1.00 e. The Bertz CT molecular complexity index is 1260. The Morgan fingerprint density at radius 3 is 2.71 bits per heavy atom. The molecule has 4 rings (SSSR count). The fourth-order valence-electron chi connectivity index (χ4n) is 3.17. The van der Waals surface area contributed by atoms with Gasteiger partial charge in [0.1, 0.15) is 6.33 Å². The molecule has 0 saturated heterocycles. The number of amides is 1. The van der Waals surface area contributed by atoms with Gasteiger partial charge in [0.15, 0.2) is 0 Å². The summed E-state index contributed by atoms with van der Waals surface area (Å²) in [5.74, 6) is 0.509. The van der Waals surface area contributed by atoms with Crippen molar-refractivity contribution in [2.24, 2.45) is 0 Å². The minimum Gasteiger partial charge on any atom is -0.560 e. The Morgan fingerprint density at radius 1 is 1.09 bits per heavy atom. The number of hydrogen-bond donors (Lipinski definition) is 3. The quantitative estimate of drug-likeness (QED) is 0.200. The molecule has 4 aromatic rings. The molecule has 0 spiro atoms. The largest absolute Gasteiger partial charge is 1.00 e. The van der Waals surface area contributed by atoms with Crippen molar-refractivity contribution in [2.75, 3.05) is 10.6 Å². The van der Waals surface area contributed by atoms with E-state index >= 15 is 0 Å². The van der Waals surface area contributed by atoms with E-state index in [-0.39, 0.29) is 63.3 Å². The van der Waals surface area contributed by atoms with Crippen LogP contribution in [0.1, 0.15) is 34.5 Å². The van der Waals surface area contributed by atoms with Crippen molar-refractivity contribution in [1.29, 1.82) is 0 Å². The molecule has 3 heterocycles. The van der Waals surface area contributed by atoms with Crippen LogP contribution in [-0.2, 0) is 0 Å². The molecular weight excluding hydrogens is 453 g/mol. The second kappa shape index (κ2) is 12.6. The Kier molecular flexibility index (Phi) is 9.55. The summed E-state index contributed by atoms with van der Waals surface area (Å²) in [6.07, 6.45) is 14.7. The van der Waals surface area contributed by atoms with Gasteiger partial charge in [-0.2, -0.15) is 11.8 Å². The van der Waals surface area contributed by atoms with Gasteiger partial charge in [-0.3, -0.25) is 19.7 Å². The number of nitrogens with one attached hydrogen (secondary N) is 3. The zero-order valence-electron chi connectivity index (χ0n) is 19.3. The molecule has 8 nitrogen and oxygen atoms in total. The number of benzene rings is 1. The van der Waals surface area contributed by atoms with E-state index in [2.05, 4.69) is 42.1 Å². The summed E-state index contributed by atoms with van der Waals surface area (Å²) in [6.45, 7) is 3.92. The van der Waals surface area contributed by atoms with Crippen LogP contribution >= 0.6 is 0 Å².